The van der Waals surface area contributed by atoms with Crippen molar-refractivity contribution in [3.8, 4) is 0 Å². The molecule has 0 amide bonds. The molecule has 0 saturated heterocycles. The lowest BCUT2D eigenvalue weighted by Gasteiger charge is -2.15. The lowest BCUT2D eigenvalue weighted by Crippen LogP contribution is -2.02. The zero-order chi connectivity index (χ0) is 11.0. The number of fused-ring (bicyclic) bond motifs is 1. The molecule has 2 atom stereocenters. The predicted octanol–water partition coefficient (Wildman–Crippen LogP) is 3.11. The van der Waals surface area contributed by atoms with Gasteiger partial charge < -0.3 is 0 Å². The Morgan fingerprint density at radius 3 is 2.73 bits per heavy atom. The molecule has 0 aliphatic heterocycles. The molecule has 1 nitrogen and oxygen atoms in total. The largest absolute Gasteiger partial charge is 0.255 e. The van der Waals surface area contributed by atoms with Gasteiger partial charge in [-0.15, -0.1) is 0 Å². The van der Waals surface area contributed by atoms with Gasteiger partial charge in [0.15, 0.2) is 0 Å². The molecule has 0 radical (unpaired) electrons. The summed E-state index contributed by atoms with van der Waals surface area (Å²) in [5.74, 6) is 1.42. The molecule has 0 heterocycles. The van der Waals surface area contributed by atoms with Gasteiger partial charge in [0.25, 0.3) is 0 Å². The third-order valence-corrected chi connectivity index (χ3v) is 4.29. The summed E-state index contributed by atoms with van der Waals surface area (Å²) in [7, 11) is -0.843. The maximum Gasteiger partial charge on any atom is 0.0498 e. The fourth-order valence-corrected chi connectivity index (χ4v) is 3.07. The Hall–Kier alpha value is -0.630. The van der Waals surface area contributed by atoms with Gasteiger partial charge in [-0.3, -0.25) is 4.21 Å². The lowest BCUT2D eigenvalue weighted by molar-refractivity contribution is 0.496. The van der Waals surface area contributed by atoms with Gasteiger partial charge in [0, 0.05) is 22.0 Å². The summed E-state index contributed by atoms with van der Waals surface area (Å²) in [4.78, 5) is 0.971. The van der Waals surface area contributed by atoms with Crippen molar-refractivity contribution in [2.24, 2.45) is 5.92 Å². The SMILES string of the molecule is CC(C)C1CCc2cc(S(C)=O)ccc21. The van der Waals surface area contributed by atoms with Gasteiger partial charge in [0.2, 0.25) is 0 Å². The summed E-state index contributed by atoms with van der Waals surface area (Å²) in [5, 5.41) is 0. The van der Waals surface area contributed by atoms with E-state index in [1.165, 1.54) is 17.5 Å². The van der Waals surface area contributed by atoms with Crippen molar-refractivity contribution in [2.75, 3.05) is 6.26 Å². The highest BCUT2D eigenvalue weighted by atomic mass is 32.2. The van der Waals surface area contributed by atoms with Crippen molar-refractivity contribution in [1.82, 2.24) is 0 Å². The van der Waals surface area contributed by atoms with E-state index < -0.39 is 10.8 Å². The molecule has 0 spiro atoms. The lowest BCUT2D eigenvalue weighted by atomic mass is 9.90. The number of hydrogen-bond acceptors (Lipinski definition) is 1. The van der Waals surface area contributed by atoms with Crippen LogP contribution in [0.2, 0.25) is 0 Å². The van der Waals surface area contributed by atoms with Crippen LogP contribution in [0.15, 0.2) is 23.1 Å². The van der Waals surface area contributed by atoms with Crippen LogP contribution < -0.4 is 0 Å². The van der Waals surface area contributed by atoms with E-state index >= 15 is 0 Å². The average molecular weight is 222 g/mol. The van der Waals surface area contributed by atoms with Gasteiger partial charge in [0.1, 0.15) is 0 Å². The molecule has 1 aliphatic carbocycles. The minimum Gasteiger partial charge on any atom is -0.255 e. The van der Waals surface area contributed by atoms with E-state index in [0.29, 0.717) is 11.8 Å². The Kier molecular flexibility index (Phi) is 2.96. The van der Waals surface area contributed by atoms with Crippen molar-refractivity contribution in [3.63, 3.8) is 0 Å². The molecule has 2 heteroatoms. The Bertz CT molecular complexity index is 396. The van der Waals surface area contributed by atoms with Gasteiger partial charge in [-0.25, -0.2) is 0 Å². The molecular weight excluding hydrogens is 204 g/mol. The van der Waals surface area contributed by atoms with Gasteiger partial charge in [-0.2, -0.15) is 0 Å². The molecule has 0 N–H and O–H groups in total. The molecule has 82 valence electrons. The van der Waals surface area contributed by atoms with Crippen LogP contribution in [0.3, 0.4) is 0 Å². The van der Waals surface area contributed by atoms with E-state index in [-0.39, 0.29) is 0 Å². The first kappa shape index (κ1) is 10.9. The monoisotopic (exact) mass is 222 g/mol. The van der Waals surface area contributed by atoms with Crippen LogP contribution in [0.25, 0.3) is 0 Å². The molecular formula is C13H18OS. The highest BCUT2D eigenvalue weighted by Crippen LogP contribution is 2.38. The van der Waals surface area contributed by atoms with Crippen LogP contribution >= 0.6 is 0 Å². The topological polar surface area (TPSA) is 17.1 Å². The predicted molar refractivity (Wildman–Crippen MR) is 64.7 cm³/mol. The quantitative estimate of drug-likeness (QED) is 0.751. The number of benzene rings is 1. The highest BCUT2D eigenvalue weighted by molar-refractivity contribution is 7.84. The van der Waals surface area contributed by atoms with Crippen LogP contribution in [0.4, 0.5) is 0 Å². The number of rotatable bonds is 2. The van der Waals surface area contributed by atoms with E-state index in [2.05, 4.69) is 26.0 Å². The fraction of sp³-hybridized carbons (Fsp3) is 0.538. The van der Waals surface area contributed by atoms with E-state index in [4.69, 9.17) is 0 Å². The van der Waals surface area contributed by atoms with Crippen molar-refractivity contribution < 1.29 is 4.21 Å². The van der Waals surface area contributed by atoms with Crippen LogP contribution in [0, 0.1) is 5.92 Å². The second-order valence-electron chi connectivity index (χ2n) is 4.70. The first-order valence-corrected chi connectivity index (χ1v) is 7.11. The molecule has 0 saturated carbocycles. The van der Waals surface area contributed by atoms with Crippen molar-refractivity contribution in [1.29, 1.82) is 0 Å². The van der Waals surface area contributed by atoms with Gasteiger partial charge in [0.05, 0.1) is 0 Å². The fourth-order valence-electron chi connectivity index (χ4n) is 2.50. The standard InChI is InChI=1S/C13H18OS/c1-9(2)12-6-4-10-8-11(15(3)14)5-7-13(10)12/h5,7-9,12H,4,6H2,1-3H3. The summed E-state index contributed by atoms with van der Waals surface area (Å²) in [6, 6.07) is 6.34. The van der Waals surface area contributed by atoms with Gasteiger partial charge in [-0.1, -0.05) is 19.9 Å². The van der Waals surface area contributed by atoms with Gasteiger partial charge in [-0.05, 0) is 47.9 Å². The molecule has 2 rings (SSSR count). The molecule has 1 aliphatic rings. The smallest absolute Gasteiger partial charge is 0.0498 e. The van der Waals surface area contributed by atoms with Crippen molar-refractivity contribution in [3.05, 3.63) is 29.3 Å². The maximum absolute atomic E-state index is 11.4. The Morgan fingerprint density at radius 2 is 2.13 bits per heavy atom. The third kappa shape index (κ3) is 2.00. The van der Waals surface area contributed by atoms with E-state index in [1.54, 1.807) is 6.26 Å². The first-order chi connectivity index (χ1) is 7.09. The minimum absolute atomic E-state index is 0.708. The zero-order valence-corrected chi connectivity index (χ0v) is 10.4. The molecule has 0 fully saturated rings. The second-order valence-corrected chi connectivity index (χ2v) is 6.08. The van der Waals surface area contributed by atoms with Crippen LogP contribution in [0.1, 0.15) is 37.3 Å². The molecule has 15 heavy (non-hydrogen) atoms. The Morgan fingerprint density at radius 1 is 1.40 bits per heavy atom. The molecule has 0 bridgehead atoms. The van der Waals surface area contributed by atoms with Crippen LogP contribution in [-0.4, -0.2) is 10.5 Å². The second kappa shape index (κ2) is 4.09. The molecule has 0 aromatic heterocycles. The Balaban J connectivity index is 2.37. The van der Waals surface area contributed by atoms with Crippen molar-refractivity contribution >= 4 is 10.8 Å². The summed E-state index contributed by atoms with van der Waals surface area (Å²) in [6.07, 6.45) is 4.16. The van der Waals surface area contributed by atoms with Crippen LogP contribution in [0.5, 0.6) is 0 Å². The Labute approximate surface area is 94.4 Å². The van der Waals surface area contributed by atoms with E-state index in [1.807, 2.05) is 6.07 Å². The highest BCUT2D eigenvalue weighted by Gasteiger charge is 2.25. The van der Waals surface area contributed by atoms with E-state index in [9.17, 15) is 4.21 Å². The normalized spacial score (nSPS) is 21.7. The molecule has 1 aromatic carbocycles. The van der Waals surface area contributed by atoms with E-state index in [0.717, 1.165) is 11.3 Å². The maximum atomic E-state index is 11.4. The molecule has 2 unspecified atom stereocenters. The molecule has 1 aromatic rings. The number of hydrogen-bond donors (Lipinski definition) is 0. The summed E-state index contributed by atoms with van der Waals surface area (Å²) in [5.41, 5.74) is 2.90. The van der Waals surface area contributed by atoms with Gasteiger partial charge >= 0.3 is 0 Å². The zero-order valence-electron chi connectivity index (χ0n) is 9.62. The summed E-state index contributed by atoms with van der Waals surface area (Å²) >= 11 is 0. The third-order valence-electron chi connectivity index (χ3n) is 3.38. The van der Waals surface area contributed by atoms with Crippen LogP contribution in [-0.2, 0) is 17.2 Å². The number of aryl methyl sites for hydroxylation is 1. The van der Waals surface area contributed by atoms with Crippen molar-refractivity contribution in [2.45, 2.75) is 37.5 Å². The average Bonchev–Trinajstić information content (AvgIpc) is 2.59. The summed E-state index contributed by atoms with van der Waals surface area (Å²) in [6.45, 7) is 4.57. The summed E-state index contributed by atoms with van der Waals surface area (Å²) < 4.78 is 11.4. The minimum atomic E-state index is -0.843. The first-order valence-electron chi connectivity index (χ1n) is 5.56.